The van der Waals surface area contributed by atoms with Crippen LogP contribution in [0.5, 0.6) is 0 Å². The van der Waals surface area contributed by atoms with Crippen molar-refractivity contribution in [2.45, 2.75) is 57.0 Å². The third kappa shape index (κ3) is 2.94. The van der Waals surface area contributed by atoms with Crippen LogP contribution in [0.15, 0.2) is 11.0 Å². The van der Waals surface area contributed by atoms with Crippen molar-refractivity contribution >= 4 is 17.3 Å². The Morgan fingerprint density at radius 1 is 1.38 bits per heavy atom. The van der Waals surface area contributed by atoms with Gasteiger partial charge in [-0.15, -0.1) is 0 Å². The molecule has 0 amide bonds. The maximum atomic E-state index is 12.6. The lowest BCUT2D eigenvalue weighted by molar-refractivity contribution is 0.262. The number of nitrogens with one attached hydrogen (secondary N) is 1. The van der Waals surface area contributed by atoms with Gasteiger partial charge in [-0.05, 0) is 31.6 Å². The van der Waals surface area contributed by atoms with Crippen molar-refractivity contribution in [1.29, 1.82) is 0 Å². The average Bonchev–Trinajstić information content (AvgIpc) is 2.90. The van der Waals surface area contributed by atoms with Gasteiger partial charge in [-0.2, -0.15) is 5.10 Å². The number of nitrogens with zero attached hydrogens (tertiary/aromatic N) is 2. The van der Waals surface area contributed by atoms with Crippen LogP contribution in [0, 0.1) is 5.92 Å². The molecule has 1 aromatic rings. The van der Waals surface area contributed by atoms with Crippen LogP contribution in [0.1, 0.15) is 44.9 Å². The lowest BCUT2D eigenvalue weighted by Gasteiger charge is -2.30. The third-order valence-electron chi connectivity index (χ3n) is 5.00. The molecule has 2 aliphatic rings. The van der Waals surface area contributed by atoms with E-state index in [4.69, 9.17) is 17.3 Å². The SMILES string of the molecule is NCC1(Nc2c(Cl)cnn(CC3CCC3)c2=O)CCCC1. The summed E-state index contributed by atoms with van der Waals surface area (Å²) in [5, 5.41) is 7.94. The first-order chi connectivity index (χ1) is 10.1. The molecule has 0 radical (unpaired) electrons. The lowest BCUT2D eigenvalue weighted by atomic mass is 9.85. The van der Waals surface area contributed by atoms with E-state index in [1.807, 2.05) is 0 Å². The quantitative estimate of drug-likeness (QED) is 0.876. The Bertz CT molecular complexity index is 561. The van der Waals surface area contributed by atoms with E-state index in [0.717, 1.165) is 25.7 Å². The van der Waals surface area contributed by atoms with E-state index in [2.05, 4.69) is 10.4 Å². The summed E-state index contributed by atoms with van der Waals surface area (Å²) in [6.07, 6.45) is 9.47. The molecular weight excluding hydrogens is 288 g/mol. The molecule has 5 nitrogen and oxygen atoms in total. The highest BCUT2D eigenvalue weighted by Crippen LogP contribution is 2.33. The fourth-order valence-corrected chi connectivity index (χ4v) is 3.50. The second-order valence-corrected chi connectivity index (χ2v) is 6.88. The second kappa shape index (κ2) is 5.97. The monoisotopic (exact) mass is 310 g/mol. The van der Waals surface area contributed by atoms with Crippen molar-refractivity contribution in [3.63, 3.8) is 0 Å². The van der Waals surface area contributed by atoms with Crippen LogP contribution in [0.4, 0.5) is 5.69 Å². The molecule has 21 heavy (non-hydrogen) atoms. The molecule has 0 atom stereocenters. The molecule has 3 N–H and O–H groups in total. The molecule has 0 bridgehead atoms. The van der Waals surface area contributed by atoms with Crippen LogP contribution in [0.3, 0.4) is 0 Å². The van der Waals surface area contributed by atoms with Gasteiger partial charge in [0.2, 0.25) is 0 Å². The zero-order valence-corrected chi connectivity index (χ0v) is 13.0. The van der Waals surface area contributed by atoms with Gasteiger partial charge in [0.15, 0.2) is 0 Å². The summed E-state index contributed by atoms with van der Waals surface area (Å²) in [7, 11) is 0. The Morgan fingerprint density at radius 2 is 2.10 bits per heavy atom. The molecule has 116 valence electrons. The maximum Gasteiger partial charge on any atom is 0.291 e. The van der Waals surface area contributed by atoms with Gasteiger partial charge in [0.1, 0.15) is 5.69 Å². The first-order valence-electron chi connectivity index (χ1n) is 7.87. The Labute approximate surface area is 129 Å². The zero-order valence-electron chi connectivity index (χ0n) is 12.3. The van der Waals surface area contributed by atoms with Crippen molar-refractivity contribution in [2.24, 2.45) is 11.7 Å². The summed E-state index contributed by atoms with van der Waals surface area (Å²) >= 11 is 6.20. The molecule has 2 fully saturated rings. The van der Waals surface area contributed by atoms with Crippen molar-refractivity contribution < 1.29 is 0 Å². The molecule has 6 heteroatoms. The molecule has 2 aliphatic carbocycles. The third-order valence-corrected chi connectivity index (χ3v) is 5.28. The number of hydrogen-bond donors (Lipinski definition) is 2. The number of aromatic nitrogens is 2. The molecular formula is C15H23ClN4O. The van der Waals surface area contributed by atoms with Crippen LogP contribution >= 0.6 is 11.6 Å². The van der Waals surface area contributed by atoms with Crippen molar-refractivity contribution in [2.75, 3.05) is 11.9 Å². The van der Waals surface area contributed by atoms with Crippen molar-refractivity contribution in [1.82, 2.24) is 9.78 Å². The van der Waals surface area contributed by atoms with Gasteiger partial charge in [0.25, 0.3) is 5.56 Å². The first kappa shape index (κ1) is 14.9. The number of rotatable bonds is 5. The normalized spacial score (nSPS) is 21.2. The predicted molar refractivity (Wildman–Crippen MR) is 84.7 cm³/mol. The van der Waals surface area contributed by atoms with Gasteiger partial charge < -0.3 is 11.1 Å². The van der Waals surface area contributed by atoms with Crippen LogP contribution in [0.2, 0.25) is 5.02 Å². The van der Waals surface area contributed by atoms with Crippen molar-refractivity contribution in [3.05, 3.63) is 21.6 Å². The highest BCUT2D eigenvalue weighted by atomic mass is 35.5. The second-order valence-electron chi connectivity index (χ2n) is 6.47. The average molecular weight is 311 g/mol. The number of hydrogen-bond acceptors (Lipinski definition) is 4. The zero-order chi connectivity index (χ0) is 14.9. The summed E-state index contributed by atoms with van der Waals surface area (Å²) in [4.78, 5) is 12.6. The van der Waals surface area contributed by atoms with Crippen molar-refractivity contribution in [3.8, 4) is 0 Å². The minimum Gasteiger partial charge on any atom is -0.373 e. The van der Waals surface area contributed by atoms with Gasteiger partial charge in [0, 0.05) is 18.6 Å². The molecule has 1 aromatic heterocycles. The minimum absolute atomic E-state index is 0.117. The summed E-state index contributed by atoms with van der Waals surface area (Å²) in [6, 6.07) is 0. The fraction of sp³-hybridized carbons (Fsp3) is 0.733. The van der Waals surface area contributed by atoms with Crippen LogP contribution in [0.25, 0.3) is 0 Å². The van der Waals surface area contributed by atoms with Crippen LogP contribution in [-0.4, -0.2) is 21.9 Å². The highest BCUT2D eigenvalue weighted by molar-refractivity contribution is 6.33. The summed E-state index contributed by atoms with van der Waals surface area (Å²) < 4.78 is 1.55. The molecule has 2 saturated carbocycles. The van der Waals surface area contributed by atoms with Gasteiger partial charge >= 0.3 is 0 Å². The largest absolute Gasteiger partial charge is 0.373 e. The van der Waals surface area contributed by atoms with E-state index in [-0.39, 0.29) is 11.1 Å². The predicted octanol–water partition coefficient (Wildman–Crippen LogP) is 2.38. The van der Waals surface area contributed by atoms with Gasteiger partial charge in [-0.25, -0.2) is 4.68 Å². The summed E-state index contributed by atoms with van der Waals surface area (Å²) in [5.41, 5.74) is 6.11. The molecule has 1 heterocycles. The molecule has 0 aromatic carbocycles. The Hall–Kier alpha value is -1.07. The first-order valence-corrected chi connectivity index (χ1v) is 8.25. The fourth-order valence-electron chi connectivity index (χ4n) is 3.33. The standard InChI is InChI=1S/C15H23ClN4O/c16-12-8-18-20(9-11-4-3-5-11)14(21)13(12)19-15(10-17)6-1-2-7-15/h8,11,19H,1-7,9-10,17H2. The van der Waals surface area contributed by atoms with E-state index in [1.165, 1.54) is 19.3 Å². The molecule has 0 unspecified atom stereocenters. The van der Waals surface area contributed by atoms with Gasteiger partial charge in [-0.1, -0.05) is 30.9 Å². The maximum absolute atomic E-state index is 12.6. The van der Waals surface area contributed by atoms with E-state index in [0.29, 0.717) is 29.7 Å². The van der Waals surface area contributed by atoms with Gasteiger partial charge in [-0.3, -0.25) is 4.79 Å². The molecule has 0 aliphatic heterocycles. The smallest absolute Gasteiger partial charge is 0.291 e. The Morgan fingerprint density at radius 3 is 2.67 bits per heavy atom. The molecule has 3 rings (SSSR count). The van der Waals surface area contributed by atoms with Crippen LogP contribution < -0.4 is 16.6 Å². The number of anilines is 1. The summed E-state index contributed by atoms with van der Waals surface area (Å²) in [5.74, 6) is 0.583. The molecule has 0 spiro atoms. The summed E-state index contributed by atoms with van der Waals surface area (Å²) in [6.45, 7) is 1.22. The minimum atomic E-state index is -0.182. The topological polar surface area (TPSA) is 72.9 Å². The Kier molecular flexibility index (Phi) is 4.22. The van der Waals surface area contributed by atoms with E-state index >= 15 is 0 Å². The lowest BCUT2D eigenvalue weighted by Crippen LogP contribution is -2.45. The van der Waals surface area contributed by atoms with E-state index in [9.17, 15) is 4.79 Å². The number of halogens is 1. The van der Waals surface area contributed by atoms with E-state index < -0.39 is 0 Å². The molecule has 0 saturated heterocycles. The van der Waals surface area contributed by atoms with Gasteiger partial charge in [0.05, 0.1) is 11.2 Å². The Balaban J connectivity index is 1.86. The van der Waals surface area contributed by atoms with E-state index in [1.54, 1.807) is 10.9 Å². The van der Waals surface area contributed by atoms with Crippen LogP contribution in [-0.2, 0) is 6.54 Å². The number of nitrogens with two attached hydrogens (primary N) is 1. The highest BCUT2D eigenvalue weighted by Gasteiger charge is 2.34.